The summed E-state index contributed by atoms with van der Waals surface area (Å²) in [7, 11) is 0. The first-order valence-corrected chi connectivity index (χ1v) is 8.64. The monoisotopic (exact) mass is 298 g/mol. The van der Waals surface area contributed by atoms with Gasteiger partial charge in [-0.25, -0.2) is 0 Å². The zero-order valence-corrected chi connectivity index (χ0v) is 14.4. The molecule has 2 unspecified atom stereocenters. The van der Waals surface area contributed by atoms with E-state index in [1.807, 2.05) is 20.8 Å². The summed E-state index contributed by atoms with van der Waals surface area (Å²) in [6, 6.07) is 0. The Morgan fingerprint density at radius 2 is 1.90 bits per heavy atom. The van der Waals surface area contributed by atoms with Crippen LogP contribution in [0.5, 0.6) is 0 Å². The molecule has 3 nitrogen and oxygen atoms in total. The number of ether oxygens (including phenoxy) is 1. The number of fused-ring (bicyclic) bond motifs is 1. The number of hydrogen-bond donors (Lipinski definition) is 2. The first-order chi connectivity index (χ1) is 9.66. The van der Waals surface area contributed by atoms with Crippen LogP contribution in [0.4, 0.5) is 0 Å². The molecular weight excluding hydrogens is 264 g/mol. The predicted molar refractivity (Wildman–Crippen MR) is 84.8 cm³/mol. The van der Waals surface area contributed by atoms with E-state index in [0.717, 1.165) is 19.3 Å². The normalized spacial score (nSPS) is 39.9. The maximum absolute atomic E-state index is 10.3. The molecule has 2 N–H and O–H groups in total. The Labute approximate surface area is 130 Å². The van der Waals surface area contributed by atoms with Crippen molar-refractivity contribution in [1.82, 2.24) is 0 Å². The Morgan fingerprint density at radius 1 is 1.24 bits per heavy atom. The fraction of sp³-hybridized carbons (Fsp3) is 1.00. The molecular formula is C18H34O3. The minimum absolute atomic E-state index is 0.109. The molecule has 2 saturated carbocycles. The van der Waals surface area contributed by atoms with Crippen molar-refractivity contribution in [2.24, 2.45) is 28.6 Å². The van der Waals surface area contributed by atoms with E-state index in [1.165, 1.54) is 12.8 Å². The minimum atomic E-state index is -0.707. The van der Waals surface area contributed by atoms with Crippen LogP contribution in [0.25, 0.3) is 0 Å². The van der Waals surface area contributed by atoms with E-state index >= 15 is 0 Å². The highest BCUT2D eigenvalue weighted by Gasteiger charge is 2.52. The third-order valence-electron chi connectivity index (χ3n) is 6.11. The second kappa shape index (κ2) is 6.17. The zero-order chi connectivity index (χ0) is 15.8. The van der Waals surface area contributed by atoms with Gasteiger partial charge in [-0.1, -0.05) is 41.0 Å². The van der Waals surface area contributed by atoms with Gasteiger partial charge in [-0.15, -0.1) is 0 Å². The molecule has 2 fully saturated rings. The molecule has 2 rings (SSSR count). The molecule has 0 aromatic heterocycles. The summed E-state index contributed by atoms with van der Waals surface area (Å²) in [6.45, 7) is 11.2. The summed E-state index contributed by atoms with van der Waals surface area (Å²) >= 11 is 0. The summed E-state index contributed by atoms with van der Waals surface area (Å²) in [5.74, 6) is 1.50. The average molecular weight is 298 g/mol. The number of hydrogen-bond acceptors (Lipinski definition) is 3. The summed E-state index contributed by atoms with van der Waals surface area (Å²) in [4.78, 5) is 0. The number of aliphatic hydroxyl groups is 2. The quantitative estimate of drug-likeness (QED) is 0.780. The van der Waals surface area contributed by atoms with Crippen LogP contribution in [0.3, 0.4) is 0 Å². The van der Waals surface area contributed by atoms with E-state index in [0.29, 0.717) is 24.4 Å². The Balaban J connectivity index is 1.95. The molecule has 0 heterocycles. The summed E-state index contributed by atoms with van der Waals surface area (Å²) in [5, 5.41) is 20.4. The van der Waals surface area contributed by atoms with Crippen molar-refractivity contribution in [3.05, 3.63) is 0 Å². The molecule has 0 amide bonds. The molecule has 124 valence electrons. The van der Waals surface area contributed by atoms with Crippen LogP contribution < -0.4 is 0 Å². The van der Waals surface area contributed by atoms with Crippen LogP contribution in [0.15, 0.2) is 0 Å². The third kappa shape index (κ3) is 3.46. The second-order valence-electron chi connectivity index (χ2n) is 8.78. The maximum atomic E-state index is 10.3. The highest BCUT2D eigenvalue weighted by Crippen LogP contribution is 2.57. The molecule has 6 atom stereocenters. The van der Waals surface area contributed by atoms with Gasteiger partial charge < -0.3 is 14.9 Å². The Kier molecular flexibility index (Phi) is 5.07. The minimum Gasteiger partial charge on any atom is -0.393 e. The second-order valence-corrected chi connectivity index (χ2v) is 8.78. The molecule has 0 bridgehead atoms. The smallest absolute Gasteiger partial charge is 0.159 e. The van der Waals surface area contributed by atoms with Gasteiger partial charge in [0.2, 0.25) is 0 Å². The van der Waals surface area contributed by atoms with E-state index < -0.39 is 6.29 Å². The van der Waals surface area contributed by atoms with Gasteiger partial charge in [-0.2, -0.15) is 0 Å². The van der Waals surface area contributed by atoms with Crippen molar-refractivity contribution in [3.8, 4) is 0 Å². The molecule has 0 aromatic carbocycles. The van der Waals surface area contributed by atoms with Crippen molar-refractivity contribution in [2.45, 2.75) is 79.1 Å². The van der Waals surface area contributed by atoms with Gasteiger partial charge in [0.05, 0.1) is 12.7 Å². The molecule has 3 heteroatoms. The van der Waals surface area contributed by atoms with Crippen molar-refractivity contribution in [3.63, 3.8) is 0 Å². The molecule has 21 heavy (non-hydrogen) atoms. The molecule has 0 spiro atoms. The molecule has 0 radical (unpaired) electrons. The van der Waals surface area contributed by atoms with E-state index in [1.54, 1.807) is 0 Å². The lowest BCUT2D eigenvalue weighted by Gasteiger charge is -2.45. The Morgan fingerprint density at radius 3 is 2.52 bits per heavy atom. The van der Waals surface area contributed by atoms with Crippen LogP contribution in [-0.2, 0) is 4.74 Å². The van der Waals surface area contributed by atoms with Crippen LogP contribution in [-0.4, -0.2) is 29.2 Å². The predicted octanol–water partition coefficient (Wildman–Crippen LogP) is 3.58. The lowest BCUT2D eigenvalue weighted by atomic mass is 9.62. The van der Waals surface area contributed by atoms with Gasteiger partial charge in [-0.05, 0) is 48.9 Å². The van der Waals surface area contributed by atoms with Crippen molar-refractivity contribution < 1.29 is 14.9 Å². The Hall–Kier alpha value is -0.120. The summed E-state index contributed by atoms with van der Waals surface area (Å²) < 4.78 is 5.73. The van der Waals surface area contributed by atoms with Crippen molar-refractivity contribution >= 4 is 0 Å². The summed E-state index contributed by atoms with van der Waals surface area (Å²) in [6.07, 6.45) is 4.86. The van der Waals surface area contributed by atoms with Gasteiger partial charge in [-0.3, -0.25) is 0 Å². The van der Waals surface area contributed by atoms with Gasteiger partial charge in [0.25, 0.3) is 0 Å². The average Bonchev–Trinajstić information content (AvgIpc) is 2.73. The van der Waals surface area contributed by atoms with Crippen LogP contribution in [0.2, 0.25) is 0 Å². The lowest BCUT2D eigenvalue weighted by Crippen LogP contribution is -2.42. The molecule has 2 aliphatic carbocycles. The van der Waals surface area contributed by atoms with Crippen LogP contribution in [0, 0.1) is 28.6 Å². The third-order valence-corrected chi connectivity index (χ3v) is 6.11. The van der Waals surface area contributed by atoms with Crippen molar-refractivity contribution in [1.29, 1.82) is 0 Å². The fourth-order valence-corrected chi connectivity index (χ4v) is 4.73. The topological polar surface area (TPSA) is 49.7 Å². The van der Waals surface area contributed by atoms with Crippen LogP contribution >= 0.6 is 0 Å². The SMILES string of the molecule is C[C@H](COC(O)C(C)(C)C)[C@H]1CC[C@H]2C(O)CCC[C@]12C. The fourth-order valence-electron chi connectivity index (χ4n) is 4.73. The highest BCUT2D eigenvalue weighted by molar-refractivity contribution is 5.01. The largest absolute Gasteiger partial charge is 0.393 e. The van der Waals surface area contributed by atoms with Gasteiger partial charge in [0.15, 0.2) is 6.29 Å². The standard InChI is InChI=1S/C18H34O3/c1-12(11-21-16(20)17(2,3)4)13-8-9-14-15(19)7-6-10-18(13,14)5/h12-16,19-20H,6-11H2,1-5H3/t12-,13-,14+,15?,16?,18-/m1/s1. The molecule has 0 aliphatic heterocycles. The molecule has 2 aliphatic rings. The number of rotatable bonds is 4. The highest BCUT2D eigenvalue weighted by atomic mass is 16.6. The van der Waals surface area contributed by atoms with Crippen molar-refractivity contribution in [2.75, 3.05) is 6.61 Å². The Bertz CT molecular complexity index is 349. The zero-order valence-electron chi connectivity index (χ0n) is 14.4. The molecule has 0 saturated heterocycles. The number of aliphatic hydroxyl groups excluding tert-OH is 2. The van der Waals surface area contributed by atoms with Gasteiger partial charge >= 0.3 is 0 Å². The van der Waals surface area contributed by atoms with Gasteiger partial charge in [0, 0.05) is 5.41 Å². The summed E-state index contributed by atoms with van der Waals surface area (Å²) in [5.41, 5.74) is 0.0238. The first kappa shape index (κ1) is 17.2. The van der Waals surface area contributed by atoms with E-state index in [9.17, 15) is 10.2 Å². The van der Waals surface area contributed by atoms with Gasteiger partial charge in [0.1, 0.15) is 0 Å². The van der Waals surface area contributed by atoms with Crippen LogP contribution in [0.1, 0.15) is 66.7 Å². The lowest BCUT2D eigenvalue weighted by molar-refractivity contribution is -0.171. The van der Waals surface area contributed by atoms with E-state index in [2.05, 4.69) is 13.8 Å². The molecule has 0 aromatic rings. The first-order valence-electron chi connectivity index (χ1n) is 8.64. The van der Waals surface area contributed by atoms with E-state index in [-0.39, 0.29) is 16.9 Å². The maximum Gasteiger partial charge on any atom is 0.159 e. The van der Waals surface area contributed by atoms with E-state index in [4.69, 9.17) is 4.74 Å².